The Balaban J connectivity index is 2.24. The van der Waals surface area contributed by atoms with E-state index in [-0.39, 0.29) is 11.3 Å². The third-order valence-corrected chi connectivity index (χ3v) is 3.54. The van der Waals surface area contributed by atoms with Gasteiger partial charge in [0.2, 0.25) is 5.91 Å². The van der Waals surface area contributed by atoms with E-state index < -0.39 is 35.8 Å². The number of methoxy groups -OCH3 is 2. The van der Waals surface area contributed by atoms with Crippen molar-refractivity contribution in [1.82, 2.24) is 15.1 Å². The molecule has 2 aromatic rings. The van der Waals surface area contributed by atoms with E-state index >= 15 is 0 Å². The molecule has 0 saturated carbocycles. The van der Waals surface area contributed by atoms with Crippen molar-refractivity contribution < 1.29 is 23.5 Å². The first-order valence-electron chi connectivity index (χ1n) is 7.65. The summed E-state index contributed by atoms with van der Waals surface area (Å²) in [7, 11) is 2.62. The molecule has 0 aliphatic rings. The van der Waals surface area contributed by atoms with Crippen molar-refractivity contribution in [3.63, 3.8) is 0 Å². The summed E-state index contributed by atoms with van der Waals surface area (Å²) in [5.74, 6) is -1.46. The van der Waals surface area contributed by atoms with Gasteiger partial charge in [-0.25, -0.2) is 13.9 Å². The number of amides is 1. The predicted molar refractivity (Wildman–Crippen MR) is 90.1 cm³/mol. The number of aromatic nitrogens is 2. The number of benzene rings is 1. The SMILES string of the molecule is COC(=O)[C@@H](C)NC(=O)Cn1nc(-c2ccc(OC)cc2F)ccc1=O. The smallest absolute Gasteiger partial charge is 0.328 e. The molecule has 8 nitrogen and oxygen atoms in total. The topological polar surface area (TPSA) is 99.5 Å². The molecule has 0 saturated heterocycles. The summed E-state index contributed by atoms with van der Waals surface area (Å²) in [4.78, 5) is 35.2. The Morgan fingerprint density at radius 1 is 1.27 bits per heavy atom. The van der Waals surface area contributed by atoms with Gasteiger partial charge in [0.1, 0.15) is 24.2 Å². The van der Waals surface area contributed by atoms with Gasteiger partial charge in [0.05, 0.1) is 19.9 Å². The van der Waals surface area contributed by atoms with E-state index in [0.29, 0.717) is 5.75 Å². The van der Waals surface area contributed by atoms with Crippen LogP contribution in [0, 0.1) is 5.82 Å². The molecule has 0 spiro atoms. The summed E-state index contributed by atoms with van der Waals surface area (Å²) >= 11 is 0. The average molecular weight is 363 g/mol. The van der Waals surface area contributed by atoms with E-state index in [1.54, 1.807) is 6.07 Å². The molecule has 0 unspecified atom stereocenters. The lowest BCUT2D eigenvalue weighted by atomic mass is 10.1. The van der Waals surface area contributed by atoms with Crippen LogP contribution in [-0.4, -0.2) is 41.9 Å². The van der Waals surface area contributed by atoms with Crippen LogP contribution in [0.3, 0.4) is 0 Å². The van der Waals surface area contributed by atoms with Crippen LogP contribution in [-0.2, 0) is 20.9 Å². The molecule has 1 atom stereocenters. The van der Waals surface area contributed by atoms with Crippen molar-refractivity contribution in [2.75, 3.05) is 14.2 Å². The number of rotatable bonds is 6. The highest BCUT2D eigenvalue weighted by Gasteiger charge is 2.17. The molecule has 1 amide bonds. The second-order valence-corrected chi connectivity index (χ2v) is 5.37. The summed E-state index contributed by atoms with van der Waals surface area (Å²) in [6, 6.07) is 5.88. The number of halogens is 1. The Hall–Kier alpha value is -3.23. The first-order chi connectivity index (χ1) is 12.3. The van der Waals surface area contributed by atoms with Crippen LogP contribution in [0.1, 0.15) is 6.92 Å². The maximum atomic E-state index is 14.2. The van der Waals surface area contributed by atoms with Crippen LogP contribution >= 0.6 is 0 Å². The Kier molecular flexibility index (Phi) is 6.05. The summed E-state index contributed by atoms with van der Waals surface area (Å²) in [6.45, 7) is 1.02. The lowest BCUT2D eigenvalue weighted by molar-refractivity contribution is -0.144. The Labute approximate surface area is 148 Å². The summed E-state index contributed by atoms with van der Waals surface area (Å²) in [5, 5.41) is 6.41. The summed E-state index contributed by atoms with van der Waals surface area (Å²) in [5.41, 5.74) is -0.204. The van der Waals surface area contributed by atoms with Crippen LogP contribution in [0.15, 0.2) is 35.1 Å². The molecule has 0 aliphatic carbocycles. The van der Waals surface area contributed by atoms with Gasteiger partial charge in [0.25, 0.3) is 5.56 Å². The standard InChI is InChI=1S/C17H18FN3O5/c1-10(17(24)26-3)19-15(22)9-21-16(23)7-6-14(20-21)12-5-4-11(25-2)8-13(12)18/h4-8,10H,9H2,1-3H3,(H,19,22)/t10-/m1/s1. The third-order valence-electron chi connectivity index (χ3n) is 3.54. The second-order valence-electron chi connectivity index (χ2n) is 5.37. The second kappa shape index (κ2) is 8.24. The molecule has 26 heavy (non-hydrogen) atoms. The van der Waals surface area contributed by atoms with Gasteiger partial charge in [-0.3, -0.25) is 9.59 Å². The zero-order valence-corrected chi connectivity index (χ0v) is 14.5. The molecular weight excluding hydrogens is 345 g/mol. The monoisotopic (exact) mass is 363 g/mol. The number of hydrogen-bond donors (Lipinski definition) is 1. The normalized spacial score (nSPS) is 11.5. The fourth-order valence-electron chi connectivity index (χ4n) is 2.20. The number of carbonyl (C=O) groups excluding carboxylic acids is 2. The maximum absolute atomic E-state index is 14.2. The number of esters is 1. The molecule has 0 fully saturated rings. The van der Waals surface area contributed by atoms with Crippen molar-refractivity contribution in [3.8, 4) is 17.0 Å². The van der Waals surface area contributed by atoms with Crippen molar-refractivity contribution in [1.29, 1.82) is 0 Å². The Morgan fingerprint density at radius 3 is 2.62 bits per heavy atom. The van der Waals surface area contributed by atoms with Crippen LogP contribution in [0.4, 0.5) is 4.39 Å². The lowest BCUT2D eigenvalue weighted by Gasteiger charge is -2.12. The fraction of sp³-hybridized carbons (Fsp3) is 0.294. The molecule has 1 N–H and O–H groups in total. The molecule has 1 heterocycles. The molecule has 0 aliphatic heterocycles. The van der Waals surface area contributed by atoms with Gasteiger partial charge in [-0.2, -0.15) is 5.10 Å². The number of hydrogen-bond acceptors (Lipinski definition) is 6. The predicted octanol–water partition coefficient (Wildman–Crippen LogP) is 0.736. The highest BCUT2D eigenvalue weighted by atomic mass is 19.1. The molecule has 9 heteroatoms. The first-order valence-corrected chi connectivity index (χ1v) is 7.65. The van der Waals surface area contributed by atoms with Gasteiger partial charge in [0.15, 0.2) is 0 Å². The largest absolute Gasteiger partial charge is 0.497 e. The zero-order chi connectivity index (χ0) is 19.3. The van der Waals surface area contributed by atoms with E-state index in [1.807, 2.05) is 0 Å². The summed E-state index contributed by atoms with van der Waals surface area (Å²) < 4.78 is 24.5. The molecular formula is C17H18FN3O5. The van der Waals surface area contributed by atoms with Crippen LogP contribution in [0.25, 0.3) is 11.3 Å². The van der Waals surface area contributed by atoms with E-state index in [4.69, 9.17) is 4.74 Å². The highest BCUT2D eigenvalue weighted by Crippen LogP contribution is 2.23. The number of nitrogens with one attached hydrogen (secondary N) is 1. The van der Waals surface area contributed by atoms with Gasteiger partial charge in [-0.05, 0) is 25.1 Å². The van der Waals surface area contributed by atoms with E-state index in [1.165, 1.54) is 45.4 Å². The average Bonchev–Trinajstić information content (AvgIpc) is 2.62. The minimum absolute atomic E-state index is 0.155. The highest BCUT2D eigenvalue weighted by molar-refractivity contribution is 5.83. The van der Waals surface area contributed by atoms with Gasteiger partial charge in [-0.15, -0.1) is 0 Å². The first kappa shape index (κ1) is 19.1. The van der Waals surface area contributed by atoms with E-state index in [2.05, 4.69) is 15.2 Å². The van der Waals surface area contributed by atoms with Crippen molar-refractivity contribution >= 4 is 11.9 Å². The molecule has 2 rings (SSSR count). The van der Waals surface area contributed by atoms with Gasteiger partial charge >= 0.3 is 5.97 Å². The van der Waals surface area contributed by atoms with E-state index in [9.17, 15) is 18.8 Å². The van der Waals surface area contributed by atoms with E-state index in [0.717, 1.165) is 4.68 Å². The van der Waals surface area contributed by atoms with Crippen LogP contribution in [0.5, 0.6) is 5.75 Å². The van der Waals surface area contributed by atoms with Crippen LogP contribution in [0.2, 0.25) is 0 Å². The summed E-state index contributed by atoms with van der Waals surface area (Å²) in [6.07, 6.45) is 0. The lowest BCUT2D eigenvalue weighted by Crippen LogP contribution is -2.42. The number of ether oxygens (including phenoxy) is 2. The molecule has 1 aromatic carbocycles. The number of nitrogens with zero attached hydrogens (tertiary/aromatic N) is 2. The van der Waals surface area contributed by atoms with Crippen LogP contribution < -0.4 is 15.6 Å². The van der Waals surface area contributed by atoms with Crippen molar-refractivity contribution in [2.24, 2.45) is 0 Å². The zero-order valence-electron chi connectivity index (χ0n) is 14.5. The molecule has 0 bridgehead atoms. The van der Waals surface area contributed by atoms with Gasteiger partial charge in [0, 0.05) is 17.7 Å². The Bertz CT molecular complexity index is 881. The van der Waals surface area contributed by atoms with Crippen molar-refractivity contribution in [3.05, 3.63) is 46.5 Å². The maximum Gasteiger partial charge on any atom is 0.328 e. The van der Waals surface area contributed by atoms with Crippen molar-refractivity contribution in [2.45, 2.75) is 19.5 Å². The van der Waals surface area contributed by atoms with Gasteiger partial charge in [-0.1, -0.05) is 0 Å². The fourth-order valence-corrected chi connectivity index (χ4v) is 2.20. The quantitative estimate of drug-likeness (QED) is 0.760. The molecule has 1 aromatic heterocycles. The number of carbonyl (C=O) groups is 2. The minimum Gasteiger partial charge on any atom is -0.497 e. The molecule has 138 valence electrons. The third kappa shape index (κ3) is 4.44. The minimum atomic E-state index is -0.870. The molecule has 0 radical (unpaired) electrons. The van der Waals surface area contributed by atoms with Gasteiger partial charge < -0.3 is 14.8 Å². The Morgan fingerprint density at radius 2 is 2.00 bits per heavy atom.